The van der Waals surface area contributed by atoms with Crippen LogP contribution < -0.4 is 15.4 Å². The van der Waals surface area contributed by atoms with Gasteiger partial charge in [-0.1, -0.05) is 29.8 Å². The number of carbonyl (C=O) groups excluding carboxylic acids is 2. The molecule has 0 heterocycles. The highest BCUT2D eigenvalue weighted by Gasteiger charge is 2.15. The third-order valence-corrected chi connectivity index (χ3v) is 4.69. The van der Waals surface area contributed by atoms with E-state index in [1.54, 1.807) is 12.1 Å². The fourth-order valence-corrected chi connectivity index (χ4v) is 3.04. The summed E-state index contributed by atoms with van der Waals surface area (Å²) < 4.78 is 19.2. The van der Waals surface area contributed by atoms with Crippen LogP contribution in [0.5, 0.6) is 5.75 Å². The number of non-ortho nitro benzene ring substituents is 1. The zero-order chi connectivity index (χ0) is 25.4. The summed E-state index contributed by atoms with van der Waals surface area (Å²) in [7, 11) is 0. The number of carbonyl (C=O) groups is 2. The van der Waals surface area contributed by atoms with E-state index in [1.165, 1.54) is 60.7 Å². The van der Waals surface area contributed by atoms with E-state index in [2.05, 4.69) is 10.6 Å². The molecule has 0 atom stereocenters. The van der Waals surface area contributed by atoms with E-state index in [0.29, 0.717) is 0 Å². The van der Waals surface area contributed by atoms with Crippen molar-refractivity contribution in [3.8, 4) is 11.8 Å². The van der Waals surface area contributed by atoms with Crippen molar-refractivity contribution in [1.82, 2.24) is 0 Å². The van der Waals surface area contributed by atoms with Crippen molar-refractivity contribution < 1.29 is 23.6 Å². The van der Waals surface area contributed by atoms with Crippen molar-refractivity contribution in [2.24, 2.45) is 0 Å². The monoisotopic (exact) mass is 494 g/mol. The van der Waals surface area contributed by atoms with Crippen molar-refractivity contribution in [1.29, 1.82) is 5.26 Å². The lowest BCUT2D eigenvalue weighted by atomic mass is 10.1. The Bertz CT molecular complexity index is 1370. The Morgan fingerprint density at radius 2 is 1.89 bits per heavy atom. The molecule has 0 saturated heterocycles. The van der Waals surface area contributed by atoms with E-state index in [-0.39, 0.29) is 39.0 Å². The number of hydrogen-bond acceptors (Lipinski definition) is 6. The number of nitrogens with zero attached hydrogens (tertiary/aromatic N) is 2. The van der Waals surface area contributed by atoms with Crippen LogP contribution in [0.3, 0.4) is 0 Å². The van der Waals surface area contributed by atoms with Gasteiger partial charge < -0.3 is 15.4 Å². The summed E-state index contributed by atoms with van der Waals surface area (Å²) in [6.45, 7) is -0.488. The third kappa shape index (κ3) is 6.86. The number of rotatable bonds is 8. The molecule has 0 radical (unpaired) electrons. The maximum atomic E-state index is 13.7. The Labute approximate surface area is 203 Å². The minimum Gasteiger partial charge on any atom is -0.483 e. The Morgan fingerprint density at radius 1 is 1.11 bits per heavy atom. The molecule has 0 aromatic heterocycles. The van der Waals surface area contributed by atoms with Crippen molar-refractivity contribution >= 4 is 46.6 Å². The average Bonchev–Trinajstić information content (AvgIpc) is 2.83. The number of benzene rings is 3. The predicted octanol–water partition coefficient (Wildman–Crippen LogP) is 4.95. The first-order valence-electron chi connectivity index (χ1n) is 9.91. The van der Waals surface area contributed by atoms with E-state index in [4.69, 9.17) is 16.3 Å². The fourth-order valence-electron chi connectivity index (χ4n) is 2.86. The molecule has 0 aliphatic rings. The highest BCUT2D eigenvalue weighted by molar-refractivity contribution is 6.30. The molecular weight excluding hydrogens is 479 g/mol. The lowest BCUT2D eigenvalue weighted by Gasteiger charge is -2.11. The molecule has 0 aliphatic heterocycles. The molecule has 35 heavy (non-hydrogen) atoms. The van der Waals surface area contributed by atoms with Crippen LogP contribution in [0.1, 0.15) is 5.56 Å². The smallest absolute Gasteiger partial charge is 0.271 e. The number of nitriles is 1. The number of para-hydroxylation sites is 1. The van der Waals surface area contributed by atoms with Crippen molar-refractivity contribution in [3.63, 3.8) is 0 Å². The van der Waals surface area contributed by atoms with Gasteiger partial charge in [-0.15, -0.1) is 0 Å². The molecule has 176 valence electrons. The first-order chi connectivity index (χ1) is 16.8. The van der Waals surface area contributed by atoms with Gasteiger partial charge >= 0.3 is 0 Å². The molecule has 0 unspecified atom stereocenters. The van der Waals surface area contributed by atoms with E-state index < -0.39 is 29.2 Å². The number of anilines is 2. The summed E-state index contributed by atoms with van der Waals surface area (Å²) in [5, 5.41) is 25.5. The lowest BCUT2D eigenvalue weighted by Crippen LogP contribution is -2.21. The maximum absolute atomic E-state index is 13.7. The van der Waals surface area contributed by atoms with Gasteiger partial charge in [-0.05, 0) is 42.5 Å². The van der Waals surface area contributed by atoms with E-state index in [1.807, 2.05) is 0 Å². The average molecular weight is 495 g/mol. The number of nitro groups is 1. The summed E-state index contributed by atoms with van der Waals surface area (Å²) in [4.78, 5) is 35.1. The number of nitrogens with one attached hydrogen (secondary N) is 2. The second-order valence-electron chi connectivity index (χ2n) is 6.93. The first-order valence-corrected chi connectivity index (χ1v) is 10.3. The number of halogens is 2. The molecule has 2 amide bonds. The molecule has 3 aromatic carbocycles. The number of ether oxygens (including phenoxy) is 1. The highest BCUT2D eigenvalue weighted by Crippen LogP contribution is 2.26. The van der Waals surface area contributed by atoms with Gasteiger partial charge in [-0.3, -0.25) is 19.7 Å². The van der Waals surface area contributed by atoms with Crippen LogP contribution in [0.2, 0.25) is 5.02 Å². The SMILES string of the molecule is N#C/C(=C/c1cc(Cl)ccc1OCC(=O)Nc1ccccc1F)C(=O)Nc1cccc([N+](=O)[O-])c1. The molecule has 0 aliphatic carbocycles. The van der Waals surface area contributed by atoms with E-state index >= 15 is 0 Å². The Hall–Kier alpha value is -4.75. The molecule has 0 fully saturated rings. The molecule has 3 aromatic rings. The molecule has 9 nitrogen and oxygen atoms in total. The van der Waals surface area contributed by atoms with Crippen LogP contribution in [-0.2, 0) is 9.59 Å². The summed E-state index contributed by atoms with van der Waals surface area (Å²) >= 11 is 6.03. The summed E-state index contributed by atoms with van der Waals surface area (Å²) in [5.41, 5.74) is -0.245. The van der Waals surface area contributed by atoms with Crippen molar-refractivity contribution in [2.75, 3.05) is 17.2 Å². The summed E-state index contributed by atoms with van der Waals surface area (Å²) in [5.74, 6) is -1.93. The number of amides is 2. The quantitative estimate of drug-likeness (QED) is 0.197. The second kappa shape index (κ2) is 11.4. The van der Waals surface area contributed by atoms with Gasteiger partial charge in [0.2, 0.25) is 0 Å². The lowest BCUT2D eigenvalue weighted by molar-refractivity contribution is -0.384. The van der Waals surface area contributed by atoms with Gasteiger partial charge in [0.25, 0.3) is 17.5 Å². The van der Waals surface area contributed by atoms with Crippen LogP contribution in [-0.4, -0.2) is 23.3 Å². The van der Waals surface area contributed by atoms with Crippen LogP contribution >= 0.6 is 11.6 Å². The minimum atomic E-state index is -0.823. The van der Waals surface area contributed by atoms with E-state index in [0.717, 1.165) is 6.07 Å². The highest BCUT2D eigenvalue weighted by atomic mass is 35.5. The first kappa shape index (κ1) is 24.9. The number of hydrogen-bond donors (Lipinski definition) is 2. The molecule has 11 heteroatoms. The van der Waals surface area contributed by atoms with Crippen molar-refractivity contribution in [3.05, 3.63) is 98.8 Å². The van der Waals surface area contributed by atoms with Crippen molar-refractivity contribution in [2.45, 2.75) is 0 Å². The Balaban J connectivity index is 1.76. The molecule has 0 saturated carbocycles. The third-order valence-electron chi connectivity index (χ3n) is 4.46. The van der Waals surface area contributed by atoms with Gasteiger partial charge in [-0.2, -0.15) is 5.26 Å². The minimum absolute atomic E-state index is 0.0121. The van der Waals surface area contributed by atoms with Crippen LogP contribution in [0.25, 0.3) is 6.08 Å². The summed E-state index contributed by atoms with van der Waals surface area (Å²) in [6, 6.07) is 17.0. The Morgan fingerprint density at radius 3 is 2.60 bits per heavy atom. The van der Waals surface area contributed by atoms with Crippen LogP contribution in [0.4, 0.5) is 21.5 Å². The molecule has 2 N–H and O–H groups in total. The fraction of sp³-hybridized carbons (Fsp3) is 0.0417. The predicted molar refractivity (Wildman–Crippen MR) is 127 cm³/mol. The standard InChI is InChI=1S/C24H16ClFN4O5/c25-17-8-9-22(35-14-23(31)29-21-7-2-1-6-20(21)26)15(11-17)10-16(13-27)24(32)28-18-4-3-5-19(12-18)30(33)34/h1-12H,14H2,(H,28,32)(H,29,31)/b16-10-. The van der Waals surface area contributed by atoms with Gasteiger partial charge in [0.1, 0.15) is 23.2 Å². The van der Waals surface area contributed by atoms with Gasteiger partial charge in [0.15, 0.2) is 6.61 Å². The van der Waals surface area contributed by atoms with Gasteiger partial charge in [0.05, 0.1) is 10.6 Å². The number of nitro benzene ring substituents is 1. The normalized spacial score (nSPS) is 10.7. The molecule has 3 rings (SSSR count). The maximum Gasteiger partial charge on any atom is 0.271 e. The molecule has 0 spiro atoms. The van der Waals surface area contributed by atoms with Gasteiger partial charge in [0, 0.05) is 28.4 Å². The molecule has 0 bridgehead atoms. The topological polar surface area (TPSA) is 134 Å². The second-order valence-corrected chi connectivity index (χ2v) is 7.37. The zero-order valence-electron chi connectivity index (χ0n) is 17.8. The van der Waals surface area contributed by atoms with Crippen LogP contribution in [0, 0.1) is 27.3 Å². The van der Waals surface area contributed by atoms with Crippen LogP contribution in [0.15, 0.2) is 72.3 Å². The zero-order valence-corrected chi connectivity index (χ0v) is 18.6. The largest absolute Gasteiger partial charge is 0.483 e. The summed E-state index contributed by atoms with van der Waals surface area (Å²) in [6.07, 6.45) is 1.20. The van der Waals surface area contributed by atoms with E-state index in [9.17, 15) is 29.4 Å². The Kier molecular flexibility index (Phi) is 8.11. The molecular formula is C24H16ClFN4O5. The van der Waals surface area contributed by atoms with Gasteiger partial charge in [-0.25, -0.2) is 4.39 Å².